The lowest BCUT2D eigenvalue weighted by atomic mass is 9.72. The zero-order valence-electron chi connectivity index (χ0n) is 26.3. The molecule has 0 radical (unpaired) electrons. The Balaban J connectivity index is 1.38. The van der Waals surface area contributed by atoms with Gasteiger partial charge in [0.25, 0.3) is 5.70 Å². The standard InChI is InChI=1S/C43H28N4O/c1-45-31(22-44)38-39(36-27-10-2-6-23-14-18-46-19-15-24-7-3-11-28(36)33(24)41(46)32(23)27)43(48)40(38)37-29-12-4-8-25-16-20-47-21-17-26-9-5-13-30(37)35(26)42(47)34(25)29/h2-13H,14-21H2. The summed E-state index contributed by atoms with van der Waals surface area (Å²) in [5.41, 5.74) is 8.86. The van der Waals surface area contributed by atoms with Crippen LogP contribution in [0.15, 0.2) is 89.8 Å². The summed E-state index contributed by atoms with van der Waals surface area (Å²) in [6.07, 6.45) is 3.83. The Hall–Kier alpha value is -5.91. The van der Waals surface area contributed by atoms with Crippen molar-refractivity contribution < 1.29 is 5.11 Å². The van der Waals surface area contributed by atoms with E-state index in [-0.39, 0.29) is 11.5 Å². The van der Waals surface area contributed by atoms with Gasteiger partial charge in [-0.25, -0.2) is 14.7 Å². The molecule has 5 aliphatic rings. The van der Waals surface area contributed by atoms with Crippen LogP contribution in [0.4, 0.5) is 5.69 Å². The highest BCUT2D eigenvalue weighted by atomic mass is 16.3. The fourth-order valence-corrected chi connectivity index (χ4v) is 9.85. The molecule has 0 bridgehead atoms. The van der Waals surface area contributed by atoms with Crippen LogP contribution in [0.2, 0.25) is 0 Å². The molecule has 0 atom stereocenters. The van der Waals surface area contributed by atoms with E-state index in [1.165, 1.54) is 54.8 Å². The number of hydrogen-bond donors (Lipinski definition) is 0. The highest BCUT2D eigenvalue weighted by molar-refractivity contribution is 6.27. The van der Waals surface area contributed by atoms with Crippen molar-refractivity contribution in [3.05, 3.63) is 140 Å². The largest absolute Gasteiger partial charge is 0.872 e. The molecule has 0 fully saturated rings. The summed E-state index contributed by atoms with van der Waals surface area (Å²) >= 11 is 0. The second kappa shape index (κ2) is 9.12. The van der Waals surface area contributed by atoms with Crippen LogP contribution in [0.1, 0.15) is 27.8 Å². The summed E-state index contributed by atoms with van der Waals surface area (Å²) < 4.78 is 2.52. The van der Waals surface area contributed by atoms with E-state index < -0.39 is 0 Å². The summed E-state index contributed by atoms with van der Waals surface area (Å²) in [6.45, 7) is 12.1. The second-order valence-electron chi connectivity index (χ2n) is 13.8. The van der Waals surface area contributed by atoms with Crippen LogP contribution in [0, 0.1) is 17.9 Å². The maximum Gasteiger partial charge on any atom is 0.270 e. The quantitative estimate of drug-likeness (QED) is 0.107. The summed E-state index contributed by atoms with van der Waals surface area (Å²) in [4.78, 5) is 6.32. The molecule has 48 heavy (non-hydrogen) atoms. The van der Waals surface area contributed by atoms with Gasteiger partial charge in [0, 0.05) is 42.3 Å². The first-order valence-electron chi connectivity index (χ1n) is 17.0. The van der Waals surface area contributed by atoms with Gasteiger partial charge >= 0.3 is 0 Å². The van der Waals surface area contributed by atoms with Crippen molar-refractivity contribution in [1.29, 1.82) is 5.26 Å². The van der Waals surface area contributed by atoms with Gasteiger partial charge in [0.05, 0.1) is 29.1 Å². The van der Waals surface area contributed by atoms with E-state index in [1.807, 2.05) is 0 Å². The van der Waals surface area contributed by atoms with Gasteiger partial charge in [-0.1, -0.05) is 78.6 Å². The lowest BCUT2D eigenvalue weighted by molar-refractivity contribution is -0.292. The minimum Gasteiger partial charge on any atom is -0.872 e. The molecule has 0 amide bonds. The Morgan fingerprint density at radius 2 is 1.23 bits per heavy atom. The number of allylic oxidation sites excluding steroid dienone is 3. The van der Waals surface area contributed by atoms with Crippen molar-refractivity contribution in [1.82, 2.24) is 4.58 Å². The number of benzene rings is 6. The van der Waals surface area contributed by atoms with Crippen molar-refractivity contribution in [2.24, 2.45) is 0 Å². The van der Waals surface area contributed by atoms with Gasteiger partial charge in [-0.15, -0.1) is 0 Å². The summed E-state index contributed by atoms with van der Waals surface area (Å²) in [6, 6.07) is 28.1. The zero-order chi connectivity index (χ0) is 31.8. The highest BCUT2D eigenvalue weighted by Gasteiger charge is 2.36. The predicted molar refractivity (Wildman–Crippen MR) is 190 cm³/mol. The average Bonchev–Trinajstić information content (AvgIpc) is 3.14. The van der Waals surface area contributed by atoms with Crippen LogP contribution in [0.25, 0.3) is 59.1 Å². The maximum atomic E-state index is 15.2. The van der Waals surface area contributed by atoms with Crippen LogP contribution in [-0.4, -0.2) is 26.2 Å². The summed E-state index contributed by atoms with van der Waals surface area (Å²) in [5.74, 6) is -0.0735. The van der Waals surface area contributed by atoms with Crippen molar-refractivity contribution in [2.45, 2.75) is 25.7 Å². The smallest absolute Gasteiger partial charge is 0.270 e. The van der Waals surface area contributed by atoms with Crippen molar-refractivity contribution >= 4 is 59.9 Å². The topological polar surface area (TPSA) is 57.5 Å². The Labute approximate surface area is 276 Å². The van der Waals surface area contributed by atoms with E-state index in [0.29, 0.717) is 16.7 Å². The van der Waals surface area contributed by atoms with Crippen LogP contribution in [0.3, 0.4) is 0 Å². The molecule has 0 saturated carbocycles. The molecular formula is C43H28N4O. The van der Waals surface area contributed by atoms with Gasteiger partial charge in [0.15, 0.2) is 0 Å². The van der Waals surface area contributed by atoms with E-state index >= 15 is 5.11 Å². The number of rotatable bonds is 1. The predicted octanol–water partition coefficient (Wildman–Crippen LogP) is 5.45. The molecule has 1 aliphatic carbocycles. The number of hydrogen-bond acceptors (Lipinski definition) is 3. The first-order valence-corrected chi connectivity index (χ1v) is 17.0. The van der Waals surface area contributed by atoms with Gasteiger partial charge in [0.2, 0.25) is 5.36 Å². The highest BCUT2D eigenvalue weighted by Crippen LogP contribution is 2.54. The second-order valence-corrected chi connectivity index (χ2v) is 13.8. The molecule has 6 aromatic carbocycles. The summed E-state index contributed by atoms with van der Waals surface area (Å²) in [7, 11) is 0. The third kappa shape index (κ3) is 3.03. The van der Waals surface area contributed by atoms with Gasteiger partial charge in [-0.2, -0.15) is 0 Å². The number of nitrogens with zero attached hydrogens (tertiary/aromatic N) is 4. The molecule has 0 N–H and O–H groups in total. The Kier molecular flexibility index (Phi) is 4.98. The average molecular weight is 617 g/mol. The third-order valence-corrected chi connectivity index (χ3v) is 11.8. The molecule has 0 aromatic heterocycles. The SMILES string of the molecule is [C-]#[N+]/C(C#N)=C1/C(c2c3cccc4c3c3c5c(cccc25)CCN3CC4)=C([O-])C1=c1c2cccc3c2c2c4c(cccc14)CC[N+]=2CC3. The minimum absolute atomic E-state index is 0.0170. The van der Waals surface area contributed by atoms with E-state index in [0.717, 1.165) is 84.2 Å². The lowest BCUT2D eigenvalue weighted by Gasteiger charge is -2.41. The van der Waals surface area contributed by atoms with Crippen LogP contribution < -0.4 is 25.2 Å². The fraction of sp³-hybridized carbons (Fsp3) is 0.186. The molecule has 5 heteroatoms. The van der Waals surface area contributed by atoms with Gasteiger partial charge in [0.1, 0.15) is 13.1 Å². The third-order valence-electron chi connectivity index (χ3n) is 11.8. The first kappa shape index (κ1) is 26.2. The Morgan fingerprint density at radius 3 is 1.75 bits per heavy atom. The van der Waals surface area contributed by atoms with Gasteiger partial charge in [-0.3, -0.25) is 0 Å². The molecule has 0 spiro atoms. The van der Waals surface area contributed by atoms with Gasteiger partial charge in [-0.05, 0) is 78.6 Å². The minimum atomic E-state index is -0.0735. The monoisotopic (exact) mass is 616 g/mol. The molecule has 4 heterocycles. The van der Waals surface area contributed by atoms with Gasteiger partial charge < -0.3 is 10.0 Å². The first-order chi connectivity index (χ1) is 23.7. The molecule has 4 aliphatic heterocycles. The van der Waals surface area contributed by atoms with E-state index in [1.54, 1.807) is 0 Å². The molecular weight excluding hydrogens is 589 g/mol. The molecule has 0 saturated heterocycles. The van der Waals surface area contributed by atoms with E-state index in [9.17, 15) is 5.26 Å². The molecule has 0 unspecified atom stereocenters. The normalized spacial score (nSPS) is 18.2. The number of anilines is 1. The lowest BCUT2D eigenvalue weighted by Crippen LogP contribution is -2.42. The number of nitriles is 1. The molecule has 226 valence electrons. The Bertz CT molecular complexity index is 2710. The maximum absolute atomic E-state index is 15.2. The summed E-state index contributed by atoms with van der Waals surface area (Å²) in [5, 5.41) is 36.8. The van der Waals surface area contributed by atoms with E-state index in [4.69, 9.17) is 6.57 Å². The van der Waals surface area contributed by atoms with Crippen molar-refractivity contribution in [2.75, 3.05) is 31.1 Å². The van der Waals surface area contributed by atoms with Crippen LogP contribution in [0.5, 0.6) is 0 Å². The zero-order valence-corrected chi connectivity index (χ0v) is 26.3. The van der Waals surface area contributed by atoms with Crippen LogP contribution in [-0.2, 0) is 25.7 Å². The molecule has 5 nitrogen and oxygen atoms in total. The molecule has 6 aromatic rings. The van der Waals surface area contributed by atoms with Crippen molar-refractivity contribution in [3.63, 3.8) is 0 Å². The van der Waals surface area contributed by atoms with E-state index in [2.05, 4.69) is 93.2 Å². The molecule has 11 rings (SSSR count). The van der Waals surface area contributed by atoms with Crippen LogP contribution >= 0.6 is 0 Å². The van der Waals surface area contributed by atoms with Crippen molar-refractivity contribution in [3.8, 4) is 6.07 Å². The fourth-order valence-electron chi connectivity index (χ4n) is 9.85. The Morgan fingerprint density at radius 1 is 0.708 bits per heavy atom.